The number of anilines is 1. The van der Waals surface area contributed by atoms with Crippen molar-refractivity contribution in [1.29, 1.82) is 0 Å². The minimum Gasteiger partial charge on any atom is -0.376 e. The molecule has 2 rings (SSSR count). The lowest BCUT2D eigenvalue weighted by atomic mass is 9.70. The molecule has 1 saturated carbocycles. The Balaban J connectivity index is 2.16. The third-order valence-corrected chi connectivity index (χ3v) is 4.19. The summed E-state index contributed by atoms with van der Waals surface area (Å²) in [5, 5.41) is 14.2. The maximum Gasteiger partial charge on any atom is 0.295 e. The van der Waals surface area contributed by atoms with E-state index in [-0.39, 0.29) is 11.7 Å². The van der Waals surface area contributed by atoms with E-state index in [1.165, 1.54) is 12.1 Å². The summed E-state index contributed by atoms with van der Waals surface area (Å²) in [5.74, 6) is -0.150. The van der Waals surface area contributed by atoms with Crippen LogP contribution in [0.2, 0.25) is 0 Å². The quantitative estimate of drug-likeness (QED) is 0.661. The first-order valence-electron chi connectivity index (χ1n) is 6.99. The van der Waals surface area contributed by atoms with E-state index in [1.807, 2.05) is 0 Å². The van der Waals surface area contributed by atoms with Gasteiger partial charge in [0.05, 0.1) is 11.0 Å². The highest BCUT2D eigenvalue weighted by molar-refractivity contribution is 5.61. The molecule has 0 radical (unpaired) electrons. The summed E-state index contributed by atoms with van der Waals surface area (Å²) in [6.07, 6.45) is 3.15. The van der Waals surface area contributed by atoms with Crippen molar-refractivity contribution in [2.24, 2.45) is 11.3 Å². The van der Waals surface area contributed by atoms with E-state index in [9.17, 15) is 14.5 Å². The summed E-state index contributed by atoms with van der Waals surface area (Å²) >= 11 is 0. The number of nitro groups is 1. The number of halogens is 1. The molecule has 1 aliphatic carbocycles. The van der Waals surface area contributed by atoms with Gasteiger partial charge in [0.2, 0.25) is 0 Å². The Morgan fingerprint density at radius 1 is 1.45 bits per heavy atom. The van der Waals surface area contributed by atoms with Gasteiger partial charge in [0.15, 0.2) is 0 Å². The fourth-order valence-corrected chi connectivity index (χ4v) is 3.14. The molecule has 2 atom stereocenters. The van der Waals surface area contributed by atoms with Gasteiger partial charge in [-0.2, -0.15) is 0 Å². The van der Waals surface area contributed by atoms with Gasteiger partial charge in [-0.25, -0.2) is 4.39 Å². The zero-order valence-electron chi connectivity index (χ0n) is 12.1. The van der Waals surface area contributed by atoms with Crippen molar-refractivity contribution >= 4 is 11.4 Å². The molecular formula is C15H21FN2O2. The second-order valence-corrected chi connectivity index (χ2v) is 6.55. The predicted octanol–water partition coefficient (Wildman–Crippen LogP) is 4.36. The molecule has 2 unspecified atom stereocenters. The van der Waals surface area contributed by atoms with E-state index < -0.39 is 10.7 Å². The van der Waals surface area contributed by atoms with Crippen molar-refractivity contribution in [3.05, 3.63) is 34.1 Å². The number of nitrogens with one attached hydrogen (secondary N) is 1. The van der Waals surface area contributed by atoms with Gasteiger partial charge in [-0.3, -0.25) is 10.1 Å². The molecule has 0 aromatic heterocycles. The molecular weight excluding hydrogens is 259 g/mol. The van der Waals surface area contributed by atoms with Crippen LogP contribution in [0.25, 0.3) is 0 Å². The predicted molar refractivity (Wildman–Crippen MR) is 77.3 cm³/mol. The molecule has 0 saturated heterocycles. The topological polar surface area (TPSA) is 55.2 Å². The molecule has 0 heterocycles. The summed E-state index contributed by atoms with van der Waals surface area (Å²) in [4.78, 5) is 10.5. The average molecular weight is 280 g/mol. The Morgan fingerprint density at radius 3 is 2.75 bits per heavy atom. The Bertz CT molecular complexity index is 517. The fourth-order valence-electron chi connectivity index (χ4n) is 3.14. The summed E-state index contributed by atoms with van der Waals surface area (Å²) < 4.78 is 13.1. The van der Waals surface area contributed by atoms with Crippen LogP contribution in [-0.4, -0.2) is 11.0 Å². The number of nitro benzene ring substituents is 1. The lowest BCUT2D eigenvalue weighted by Crippen LogP contribution is -2.37. The van der Waals surface area contributed by atoms with Crippen LogP contribution in [0, 0.1) is 27.3 Å². The minimum absolute atomic E-state index is 0.193. The van der Waals surface area contributed by atoms with Crippen molar-refractivity contribution in [3.8, 4) is 0 Å². The Kier molecular flexibility index (Phi) is 3.97. The van der Waals surface area contributed by atoms with Gasteiger partial charge in [0.25, 0.3) is 5.69 Å². The third kappa shape index (κ3) is 3.26. The van der Waals surface area contributed by atoms with E-state index >= 15 is 0 Å². The van der Waals surface area contributed by atoms with Crippen LogP contribution in [0.15, 0.2) is 18.2 Å². The van der Waals surface area contributed by atoms with E-state index in [0.717, 1.165) is 25.3 Å². The first kappa shape index (κ1) is 14.8. The molecule has 20 heavy (non-hydrogen) atoms. The Labute approximate surface area is 118 Å². The molecule has 0 spiro atoms. The highest BCUT2D eigenvalue weighted by atomic mass is 19.1. The van der Waals surface area contributed by atoms with Crippen molar-refractivity contribution in [1.82, 2.24) is 0 Å². The first-order chi connectivity index (χ1) is 9.28. The number of hydrogen-bond acceptors (Lipinski definition) is 3. The second-order valence-electron chi connectivity index (χ2n) is 6.55. The van der Waals surface area contributed by atoms with Gasteiger partial charge in [-0.1, -0.05) is 20.8 Å². The number of hydrogen-bond donors (Lipinski definition) is 1. The SMILES string of the molecule is CC1CC(C)(C)CCC1Nc1ccc(F)cc1[N+](=O)[O-]. The van der Waals surface area contributed by atoms with Crippen LogP contribution >= 0.6 is 0 Å². The summed E-state index contributed by atoms with van der Waals surface area (Å²) in [6.45, 7) is 6.66. The molecule has 5 heteroatoms. The molecule has 0 bridgehead atoms. The molecule has 0 aliphatic heterocycles. The highest BCUT2D eigenvalue weighted by Crippen LogP contribution is 2.40. The first-order valence-corrected chi connectivity index (χ1v) is 6.99. The van der Waals surface area contributed by atoms with Crippen LogP contribution in [0.1, 0.15) is 40.0 Å². The summed E-state index contributed by atoms with van der Waals surface area (Å²) in [7, 11) is 0. The molecule has 1 aromatic rings. The summed E-state index contributed by atoms with van der Waals surface area (Å²) in [6, 6.07) is 3.89. The van der Waals surface area contributed by atoms with Crippen molar-refractivity contribution < 1.29 is 9.31 Å². The van der Waals surface area contributed by atoms with Gasteiger partial charge >= 0.3 is 0 Å². The fraction of sp³-hybridized carbons (Fsp3) is 0.600. The number of nitrogens with zero attached hydrogens (tertiary/aromatic N) is 1. The van der Waals surface area contributed by atoms with E-state index in [0.29, 0.717) is 17.0 Å². The monoisotopic (exact) mass is 280 g/mol. The second kappa shape index (κ2) is 5.38. The van der Waals surface area contributed by atoms with Crippen LogP contribution in [0.5, 0.6) is 0 Å². The molecule has 0 amide bonds. The maximum absolute atomic E-state index is 13.1. The maximum atomic E-state index is 13.1. The van der Waals surface area contributed by atoms with Crippen LogP contribution in [0.4, 0.5) is 15.8 Å². The van der Waals surface area contributed by atoms with Crippen LogP contribution in [-0.2, 0) is 0 Å². The van der Waals surface area contributed by atoms with E-state index in [1.54, 1.807) is 0 Å². The Morgan fingerprint density at radius 2 is 2.15 bits per heavy atom. The van der Waals surface area contributed by atoms with E-state index in [2.05, 4.69) is 26.1 Å². The smallest absolute Gasteiger partial charge is 0.295 e. The number of benzene rings is 1. The lowest BCUT2D eigenvalue weighted by molar-refractivity contribution is -0.384. The van der Waals surface area contributed by atoms with E-state index in [4.69, 9.17) is 0 Å². The van der Waals surface area contributed by atoms with Gasteiger partial charge in [-0.05, 0) is 42.7 Å². The van der Waals surface area contributed by atoms with Gasteiger partial charge in [0, 0.05) is 6.04 Å². The molecule has 110 valence electrons. The zero-order valence-corrected chi connectivity index (χ0v) is 12.1. The molecule has 4 nitrogen and oxygen atoms in total. The molecule has 1 aromatic carbocycles. The highest BCUT2D eigenvalue weighted by Gasteiger charge is 2.33. The zero-order chi connectivity index (χ0) is 14.9. The molecule has 1 fully saturated rings. The van der Waals surface area contributed by atoms with Crippen molar-refractivity contribution in [3.63, 3.8) is 0 Å². The number of rotatable bonds is 3. The largest absolute Gasteiger partial charge is 0.376 e. The average Bonchev–Trinajstić information content (AvgIpc) is 2.33. The lowest BCUT2D eigenvalue weighted by Gasteiger charge is -2.39. The normalized spacial score (nSPS) is 25.2. The van der Waals surface area contributed by atoms with Gasteiger partial charge < -0.3 is 5.32 Å². The Hall–Kier alpha value is -1.65. The third-order valence-electron chi connectivity index (χ3n) is 4.19. The summed E-state index contributed by atoms with van der Waals surface area (Å²) in [5.41, 5.74) is 0.543. The molecule has 1 aliphatic rings. The van der Waals surface area contributed by atoms with Crippen LogP contribution in [0.3, 0.4) is 0 Å². The van der Waals surface area contributed by atoms with Crippen molar-refractivity contribution in [2.75, 3.05) is 5.32 Å². The standard InChI is InChI=1S/C15H21FN2O2/c1-10-9-15(2,3)7-6-12(10)17-13-5-4-11(16)8-14(13)18(19)20/h4-5,8,10,12,17H,6-7,9H2,1-3H3. The van der Waals surface area contributed by atoms with Gasteiger partial charge in [-0.15, -0.1) is 0 Å². The van der Waals surface area contributed by atoms with Gasteiger partial charge in [0.1, 0.15) is 11.5 Å². The molecule has 1 N–H and O–H groups in total. The minimum atomic E-state index is -0.583. The van der Waals surface area contributed by atoms with Crippen LogP contribution < -0.4 is 5.32 Å². The van der Waals surface area contributed by atoms with Crippen molar-refractivity contribution in [2.45, 2.75) is 46.1 Å².